The summed E-state index contributed by atoms with van der Waals surface area (Å²) in [6, 6.07) is 20.3. The molecular weight excluding hydrogens is 346 g/mol. The van der Waals surface area contributed by atoms with Crippen molar-refractivity contribution in [1.29, 1.82) is 0 Å². The highest BCUT2D eigenvalue weighted by Crippen LogP contribution is 2.40. The number of hydroxylamine groups is 2. The Morgan fingerprint density at radius 2 is 1.43 bits per heavy atom. The Morgan fingerprint density at radius 1 is 0.750 bits per heavy atom. The monoisotopic (exact) mass is 370 g/mol. The molecule has 4 heteroatoms. The number of amidine groups is 1. The molecule has 4 nitrogen and oxygen atoms in total. The molecule has 1 aliphatic rings. The second kappa shape index (κ2) is 6.57. The van der Waals surface area contributed by atoms with Crippen LogP contribution in [0.25, 0.3) is 22.3 Å². The first-order chi connectivity index (χ1) is 13.3. The Kier molecular flexibility index (Phi) is 4.31. The van der Waals surface area contributed by atoms with Gasteiger partial charge in [-0.25, -0.2) is 0 Å². The maximum absolute atomic E-state index is 13.3. The molecule has 2 heterocycles. The van der Waals surface area contributed by atoms with Gasteiger partial charge in [-0.15, -0.1) is 0 Å². The van der Waals surface area contributed by atoms with E-state index in [9.17, 15) is 5.21 Å². The molecule has 1 aromatic heterocycles. The van der Waals surface area contributed by atoms with Crippen LogP contribution in [0.5, 0.6) is 0 Å². The molecule has 0 fully saturated rings. The third kappa shape index (κ3) is 2.90. The summed E-state index contributed by atoms with van der Waals surface area (Å²) in [6.45, 7) is 7.93. The Labute approximate surface area is 166 Å². The zero-order valence-corrected chi connectivity index (χ0v) is 16.7. The lowest BCUT2D eigenvalue weighted by atomic mass is 9.84. The molecule has 0 bridgehead atoms. The van der Waals surface area contributed by atoms with Gasteiger partial charge in [-0.1, -0.05) is 47.7 Å². The van der Waals surface area contributed by atoms with E-state index < -0.39 is 11.1 Å². The average Bonchev–Trinajstić information content (AvgIpc) is 2.88. The van der Waals surface area contributed by atoms with Gasteiger partial charge in [0.05, 0.1) is 11.1 Å². The third-order valence-corrected chi connectivity index (χ3v) is 5.94. The Hall–Kier alpha value is -2.98. The normalized spacial score (nSPS) is 17.5. The van der Waals surface area contributed by atoms with E-state index in [4.69, 9.17) is 4.99 Å². The van der Waals surface area contributed by atoms with E-state index in [0.717, 1.165) is 32.9 Å². The van der Waals surface area contributed by atoms with Gasteiger partial charge in [-0.05, 0) is 68.1 Å². The number of rotatable bonds is 3. The van der Waals surface area contributed by atoms with Crippen molar-refractivity contribution in [2.24, 2.45) is 4.99 Å². The number of nitrogens with zero attached hydrogens (tertiary/aromatic N) is 3. The zero-order valence-electron chi connectivity index (χ0n) is 16.7. The number of aliphatic imine (C=N–C) groups is 1. The van der Waals surface area contributed by atoms with Crippen molar-refractivity contribution in [1.82, 2.24) is 10.0 Å². The van der Waals surface area contributed by atoms with Crippen LogP contribution < -0.4 is 0 Å². The predicted molar refractivity (Wildman–Crippen MR) is 112 cm³/mol. The van der Waals surface area contributed by atoms with E-state index in [0.29, 0.717) is 5.84 Å². The van der Waals surface area contributed by atoms with E-state index in [2.05, 4.69) is 35.3 Å². The topological polar surface area (TPSA) is 48.4 Å². The van der Waals surface area contributed by atoms with Gasteiger partial charge in [0.2, 0.25) is 0 Å². The number of hydrogen-bond donors (Lipinski definition) is 0. The second-order valence-corrected chi connectivity index (χ2v) is 8.21. The van der Waals surface area contributed by atoms with Crippen molar-refractivity contribution in [3.8, 4) is 22.3 Å². The maximum Gasteiger partial charge on any atom is 0.160 e. The van der Waals surface area contributed by atoms with Crippen LogP contribution >= 0.6 is 0 Å². The number of hydrogen-bond acceptors (Lipinski definition) is 3. The molecule has 3 aromatic rings. The smallest absolute Gasteiger partial charge is 0.160 e. The molecule has 2 aromatic carbocycles. The van der Waals surface area contributed by atoms with Gasteiger partial charge in [0.25, 0.3) is 0 Å². The van der Waals surface area contributed by atoms with Gasteiger partial charge in [-0.2, -0.15) is 5.06 Å². The fraction of sp³-hybridized carbons (Fsp3) is 0.250. The van der Waals surface area contributed by atoms with Crippen LogP contribution in [0.4, 0.5) is 0 Å². The average molecular weight is 370 g/mol. The molecule has 1 radical (unpaired) electrons. The van der Waals surface area contributed by atoms with Gasteiger partial charge >= 0.3 is 0 Å². The third-order valence-electron chi connectivity index (χ3n) is 5.94. The largest absolute Gasteiger partial charge is 0.265 e. The molecule has 28 heavy (non-hydrogen) atoms. The van der Waals surface area contributed by atoms with Crippen LogP contribution in [0, 0.1) is 0 Å². The zero-order chi connectivity index (χ0) is 19.9. The molecule has 0 saturated heterocycles. The standard InChI is InChI=1S/C24H24N3O/c1-23(2)24(3,4)27(28)22(26-23)21-16-19(17-12-14-25-15-13-17)10-11-20(21)18-8-6-5-7-9-18/h5-16H,1-4H3. The van der Waals surface area contributed by atoms with Gasteiger partial charge < -0.3 is 0 Å². The van der Waals surface area contributed by atoms with E-state index in [-0.39, 0.29) is 0 Å². The molecule has 0 spiro atoms. The molecule has 0 aliphatic carbocycles. The highest BCUT2D eigenvalue weighted by Gasteiger charge is 2.50. The lowest BCUT2D eigenvalue weighted by molar-refractivity contribution is -0.158. The van der Waals surface area contributed by atoms with Crippen LogP contribution in [0.3, 0.4) is 0 Å². The Bertz CT molecular complexity index is 1020. The molecule has 1 aliphatic heterocycles. The molecule has 4 rings (SSSR count). The van der Waals surface area contributed by atoms with Gasteiger partial charge in [-0.3, -0.25) is 9.98 Å². The minimum atomic E-state index is -0.622. The first-order valence-electron chi connectivity index (χ1n) is 9.49. The van der Waals surface area contributed by atoms with Crippen LogP contribution in [0.2, 0.25) is 0 Å². The van der Waals surface area contributed by atoms with Gasteiger partial charge in [0.1, 0.15) is 0 Å². The van der Waals surface area contributed by atoms with Gasteiger partial charge in [0, 0.05) is 18.0 Å². The van der Waals surface area contributed by atoms with Crippen molar-refractivity contribution in [3.63, 3.8) is 0 Å². The summed E-state index contributed by atoms with van der Waals surface area (Å²) in [5.74, 6) is 0.491. The van der Waals surface area contributed by atoms with Gasteiger partial charge in [0.15, 0.2) is 5.84 Å². The van der Waals surface area contributed by atoms with E-state index in [1.165, 1.54) is 0 Å². The fourth-order valence-electron chi connectivity index (χ4n) is 3.45. The summed E-state index contributed by atoms with van der Waals surface area (Å²) in [6.07, 6.45) is 3.55. The Morgan fingerprint density at radius 3 is 2.04 bits per heavy atom. The fourth-order valence-corrected chi connectivity index (χ4v) is 3.45. The summed E-state index contributed by atoms with van der Waals surface area (Å²) in [5.41, 5.74) is 3.92. The van der Waals surface area contributed by atoms with Crippen molar-refractivity contribution in [2.45, 2.75) is 38.8 Å². The Balaban J connectivity index is 1.93. The highest BCUT2D eigenvalue weighted by molar-refractivity contribution is 6.06. The van der Waals surface area contributed by atoms with Crippen molar-refractivity contribution >= 4 is 5.84 Å². The van der Waals surface area contributed by atoms with Crippen LogP contribution in [-0.2, 0) is 5.21 Å². The number of benzene rings is 2. The van der Waals surface area contributed by atoms with Crippen molar-refractivity contribution < 1.29 is 5.21 Å². The molecule has 141 valence electrons. The maximum atomic E-state index is 13.3. The number of aromatic nitrogens is 1. The summed E-state index contributed by atoms with van der Waals surface area (Å²) in [7, 11) is 0. The van der Waals surface area contributed by atoms with E-state index in [1.807, 2.05) is 58.0 Å². The molecule has 0 N–H and O–H groups in total. The molecule has 0 atom stereocenters. The highest BCUT2D eigenvalue weighted by atomic mass is 16.5. The SMILES string of the molecule is CC1(C)N=C(c2cc(-c3ccncc3)ccc2-c2ccccc2)N([O])C1(C)C. The molecular formula is C24H24N3O. The minimum Gasteiger partial charge on any atom is -0.265 e. The molecule has 0 unspecified atom stereocenters. The van der Waals surface area contributed by atoms with Crippen molar-refractivity contribution in [2.75, 3.05) is 0 Å². The molecule has 0 amide bonds. The first kappa shape index (κ1) is 18.4. The predicted octanol–water partition coefficient (Wildman–Crippen LogP) is 5.38. The van der Waals surface area contributed by atoms with Crippen LogP contribution in [0.15, 0.2) is 78.0 Å². The minimum absolute atomic E-state index is 0.481. The summed E-state index contributed by atoms with van der Waals surface area (Å²) in [4.78, 5) is 8.97. The first-order valence-corrected chi connectivity index (χ1v) is 9.49. The summed E-state index contributed by atoms with van der Waals surface area (Å²) in [5, 5.41) is 14.3. The summed E-state index contributed by atoms with van der Waals surface area (Å²) < 4.78 is 0. The van der Waals surface area contributed by atoms with Crippen molar-refractivity contribution in [3.05, 3.63) is 78.6 Å². The lowest BCUT2D eigenvalue weighted by Crippen LogP contribution is -2.50. The summed E-state index contributed by atoms with van der Waals surface area (Å²) >= 11 is 0. The second-order valence-electron chi connectivity index (χ2n) is 8.21. The van der Waals surface area contributed by atoms with E-state index >= 15 is 0 Å². The van der Waals surface area contributed by atoms with Crippen LogP contribution in [0.1, 0.15) is 33.3 Å². The van der Waals surface area contributed by atoms with Crippen LogP contribution in [-0.4, -0.2) is 27.0 Å². The number of pyridine rings is 1. The lowest BCUT2D eigenvalue weighted by Gasteiger charge is -2.35. The van der Waals surface area contributed by atoms with E-state index in [1.54, 1.807) is 12.4 Å². The quantitative estimate of drug-likeness (QED) is 0.621. The molecule has 0 saturated carbocycles.